The van der Waals surface area contributed by atoms with Crippen molar-refractivity contribution < 1.29 is 0 Å². The number of hydrogen-bond acceptors (Lipinski definition) is 3. The van der Waals surface area contributed by atoms with Gasteiger partial charge in [-0.15, -0.1) is 0 Å². The van der Waals surface area contributed by atoms with Crippen LogP contribution in [0.2, 0.25) is 0 Å². The molecule has 0 spiro atoms. The molecular weight excluding hydrogens is 268 g/mol. The number of fused-ring (bicyclic) bond motifs is 1. The van der Waals surface area contributed by atoms with Crippen molar-refractivity contribution in [2.45, 2.75) is 32.4 Å². The van der Waals surface area contributed by atoms with E-state index in [-0.39, 0.29) is 0 Å². The van der Waals surface area contributed by atoms with Crippen molar-refractivity contribution in [2.24, 2.45) is 0 Å². The Morgan fingerprint density at radius 2 is 2.15 bits per heavy atom. The summed E-state index contributed by atoms with van der Waals surface area (Å²) in [5.41, 5.74) is 2.54. The van der Waals surface area contributed by atoms with Crippen molar-refractivity contribution in [3.8, 4) is 6.07 Å². The standard InChI is InChI=1S/C15H18N4S/c1-11(18-7-2-3-8-18)10-19-13-6-4-5-12(9-16)14(13)17-15(19)20/h4-6,11H,2-3,7-8,10H2,1H3,(H,17,20). The molecular formula is C15H18N4S. The van der Waals surface area contributed by atoms with Crippen molar-refractivity contribution in [3.63, 3.8) is 0 Å². The fraction of sp³-hybridized carbons (Fsp3) is 0.467. The average molecular weight is 286 g/mol. The Hall–Kier alpha value is -1.64. The molecule has 0 saturated carbocycles. The molecule has 3 rings (SSSR count). The number of aromatic nitrogens is 2. The first-order valence-corrected chi connectivity index (χ1v) is 7.47. The van der Waals surface area contributed by atoms with Gasteiger partial charge in [-0.3, -0.25) is 4.90 Å². The minimum atomic E-state index is 0.467. The number of para-hydroxylation sites is 1. The maximum atomic E-state index is 9.17. The van der Waals surface area contributed by atoms with Gasteiger partial charge in [0, 0.05) is 12.6 Å². The normalized spacial score (nSPS) is 17.4. The monoisotopic (exact) mass is 286 g/mol. The molecule has 2 heterocycles. The van der Waals surface area contributed by atoms with Gasteiger partial charge in [-0.2, -0.15) is 5.26 Å². The number of imidazole rings is 1. The van der Waals surface area contributed by atoms with Gasteiger partial charge < -0.3 is 9.55 Å². The molecule has 1 fully saturated rings. The molecule has 4 nitrogen and oxygen atoms in total. The van der Waals surface area contributed by atoms with Crippen LogP contribution in [-0.4, -0.2) is 33.6 Å². The van der Waals surface area contributed by atoms with Crippen LogP contribution in [0, 0.1) is 16.1 Å². The second-order valence-electron chi connectivity index (χ2n) is 5.44. The molecule has 1 aliphatic rings. The zero-order valence-electron chi connectivity index (χ0n) is 11.6. The predicted molar refractivity (Wildman–Crippen MR) is 82.1 cm³/mol. The maximum Gasteiger partial charge on any atom is 0.178 e. The third kappa shape index (κ3) is 2.26. The first-order chi connectivity index (χ1) is 9.70. The number of H-pyrrole nitrogens is 1. The molecule has 104 valence electrons. The average Bonchev–Trinajstić information content (AvgIpc) is 3.07. The second-order valence-corrected chi connectivity index (χ2v) is 5.83. The second kappa shape index (κ2) is 5.39. The third-order valence-corrected chi connectivity index (χ3v) is 4.46. The zero-order valence-corrected chi connectivity index (χ0v) is 12.4. The van der Waals surface area contributed by atoms with Gasteiger partial charge in [0.15, 0.2) is 4.77 Å². The van der Waals surface area contributed by atoms with Gasteiger partial charge in [0.05, 0.1) is 16.6 Å². The molecule has 0 bridgehead atoms. The summed E-state index contributed by atoms with van der Waals surface area (Å²) in [6.07, 6.45) is 2.59. The van der Waals surface area contributed by atoms with E-state index < -0.39 is 0 Å². The van der Waals surface area contributed by atoms with Gasteiger partial charge in [-0.05, 0) is 57.2 Å². The molecule has 0 radical (unpaired) electrons. The fourth-order valence-electron chi connectivity index (χ4n) is 3.02. The summed E-state index contributed by atoms with van der Waals surface area (Å²) in [7, 11) is 0. The van der Waals surface area contributed by atoms with Crippen LogP contribution >= 0.6 is 12.2 Å². The lowest BCUT2D eigenvalue weighted by molar-refractivity contribution is 0.237. The maximum absolute atomic E-state index is 9.17. The highest BCUT2D eigenvalue weighted by Crippen LogP contribution is 2.20. The minimum absolute atomic E-state index is 0.467. The number of nitrogens with one attached hydrogen (secondary N) is 1. The van der Waals surface area contributed by atoms with Gasteiger partial charge in [0.1, 0.15) is 6.07 Å². The third-order valence-electron chi connectivity index (χ3n) is 4.14. The Balaban J connectivity index is 1.97. The quantitative estimate of drug-likeness (QED) is 0.882. The molecule has 0 aliphatic carbocycles. The van der Waals surface area contributed by atoms with E-state index in [1.165, 1.54) is 25.9 Å². The van der Waals surface area contributed by atoms with E-state index >= 15 is 0 Å². The number of likely N-dealkylation sites (tertiary alicyclic amines) is 1. The van der Waals surface area contributed by atoms with E-state index in [1.54, 1.807) is 0 Å². The summed E-state index contributed by atoms with van der Waals surface area (Å²) >= 11 is 5.43. The largest absolute Gasteiger partial charge is 0.329 e. The Morgan fingerprint density at radius 1 is 1.40 bits per heavy atom. The van der Waals surface area contributed by atoms with E-state index in [1.807, 2.05) is 18.2 Å². The Kier molecular flexibility index (Phi) is 3.60. The molecule has 0 amide bonds. The van der Waals surface area contributed by atoms with Gasteiger partial charge in [-0.1, -0.05) is 6.07 Å². The Bertz CT molecular complexity index is 716. The van der Waals surface area contributed by atoms with E-state index in [0.717, 1.165) is 17.6 Å². The minimum Gasteiger partial charge on any atom is -0.329 e. The van der Waals surface area contributed by atoms with Gasteiger partial charge in [0.25, 0.3) is 0 Å². The van der Waals surface area contributed by atoms with E-state index in [4.69, 9.17) is 17.5 Å². The van der Waals surface area contributed by atoms with Crippen LogP contribution in [0.1, 0.15) is 25.3 Å². The summed E-state index contributed by atoms with van der Waals surface area (Å²) < 4.78 is 2.82. The molecule has 1 aromatic heterocycles. The summed E-state index contributed by atoms with van der Waals surface area (Å²) in [6, 6.07) is 8.45. The van der Waals surface area contributed by atoms with Crippen molar-refractivity contribution in [3.05, 3.63) is 28.5 Å². The molecule has 1 aliphatic heterocycles. The number of nitrogens with zero attached hydrogens (tertiary/aromatic N) is 3. The van der Waals surface area contributed by atoms with Gasteiger partial charge >= 0.3 is 0 Å². The lowest BCUT2D eigenvalue weighted by atomic mass is 10.2. The summed E-state index contributed by atoms with van der Waals surface area (Å²) in [4.78, 5) is 5.69. The highest BCUT2D eigenvalue weighted by atomic mass is 32.1. The van der Waals surface area contributed by atoms with Crippen LogP contribution in [0.3, 0.4) is 0 Å². The lowest BCUT2D eigenvalue weighted by Crippen LogP contribution is -2.33. The topological polar surface area (TPSA) is 47.8 Å². The van der Waals surface area contributed by atoms with Gasteiger partial charge in [-0.25, -0.2) is 0 Å². The van der Waals surface area contributed by atoms with Crippen LogP contribution in [-0.2, 0) is 6.54 Å². The fourth-order valence-corrected chi connectivity index (χ4v) is 3.29. The van der Waals surface area contributed by atoms with E-state index in [9.17, 15) is 0 Å². The number of rotatable bonds is 3. The molecule has 1 unspecified atom stereocenters. The number of aromatic amines is 1. The van der Waals surface area contributed by atoms with E-state index in [0.29, 0.717) is 16.4 Å². The van der Waals surface area contributed by atoms with Crippen molar-refractivity contribution in [2.75, 3.05) is 13.1 Å². The first-order valence-electron chi connectivity index (χ1n) is 7.06. The molecule has 1 saturated heterocycles. The molecule has 1 atom stereocenters. The smallest absolute Gasteiger partial charge is 0.178 e. The highest BCUT2D eigenvalue weighted by molar-refractivity contribution is 7.71. The number of nitriles is 1. The van der Waals surface area contributed by atoms with Crippen LogP contribution < -0.4 is 0 Å². The number of benzene rings is 1. The summed E-state index contributed by atoms with van der Waals surface area (Å²) in [5, 5.41) is 9.17. The van der Waals surface area contributed by atoms with E-state index in [2.05, 4.69) is 27.4 Å². The van der Waals surface area contributed by atoms with Crippen molar-refractivity contribution in [1.82, 2.24) is 14.5 Å². The summed E-state index contributed by atoms with van der Waals surface area (Å²) in [5.74, 6) is 0. The van der Waals surface area contributed by atoms with Crippen LogP contribution in [0.4, 0.5) is 0 Å². The number of hydrogen-bond donors (Lipinski definition) is 1. The summed E-state index contributed by atoms with van der Waals surface area (Å²) in [6.45, 7) is 5.48. The zero-order chi connectivity index (χ0) is 14.1. The lowest BCUT2D eigenvalue weighted by Gasteiger charge is -2.24. The molecule has 1 aromatic carbocycles. The van der Waals surface area contributed by atoms with Gasteiger partial charge in [0.2, 0.25) is 0 Å². The first kappa shape index (κ1) is 13.3. The predicted octanol–water partition coefficient (Wildman–Crippen LogP) is 3.05. The Morgan fingerprint density at radius 3 is 2.85 bits per heavy atom. The van der Waals surface area contributed by atoms with Crippen LogP contribution in [0.25, 0.3) is 11.0 Å². The van der Waals surface area contributed by atoms with Crippen molar-refractivity contribution >= 4 is 23.3 Å². The molecule has 2 aromatic rings. The SMILES string of the molecule is CC(Cn1c(=S)[nH]c2c(C#N)cccc21)N1CCCC1. The highest BCUT2D eigenvalue weighted by Gasteiger charge is 2.19. The molecule has 1 N–H and O–H groups in total. The van der Waals surface area contributed by atoms with Crippen LogP contribution in [0.15, 0.2) is 18.2 Å². The molecule has 5 heteroatoms. The molecule has 20 heavy (non-hydrogen) atoms. The van der Waals surface area contributed by atoms with Crippen LogP contribution in [0.5, 0.6) is 0 Å². The Labute approximate surface area is 123 Å². The van der Waals surface area contributed by atoms with Crippen molar-refractivity contribution in [1.29, 1.82) is 5.26 Å².